The van der Waals surface area contributed by atoms with Crippen molar-refractivity contribution in [3.05, 3.63) is 30.1 Å². The molecule has 2 rings (SSSR count). The molecular formula is C9H10N2O6S2. The second-order valence-electron chi connectivity index (χ2n) is 3.86. The third-order valence-corrected chi connectivity index (χ3v) is 5.58. The molecule has 0 atom stereocenters. The van der Waals surface area contributed by atoms with Gasteiger partial charge in [-0.05, 0) is 12.1 Å². The molecule has 104 valence electrons. The van der Waals surface area contributed by atoms with Crippen LogP contribution in [-0.2, 0) is 26.7 Å². The Morgan fingerprint density at radius 2 is 1.68 bits per heavy atom. The van der Waals surface area contributed by atoms with E-state index in [1.807, 2.05) is 0 Å². The molecule has 8 nitrogen and oxygen atoms in total. The molecule has 1 heterocycles. The highest BCUT2D eigenvalue weighted by atomic mass is 32.3. The molecule has 10 heteroatoms. The number of rotatable bonds is 4. The normalized spacial score (nSPS) is 13.2. The van der Waals surface area contributed by atoms with Gasteiger partial charge in [0.05, 0.1) is 11.0 Å². The number of benzene rings is 1. The number of H-pyrrole nitrogens is 1. The van der Waals surface area contributed by atoms with Crippen molar-refractivity contribution in [2.75, 3.05) is 0 Å². The molecule has 0 fully saturated rings. The van der Waals surface area contributed by atoms with E-state index < -0.39 is 31.2 Å². The number of fused-ring (bicyclic) bond motifs is 1. The van der Waals surface area contributed by atoms with Gasteiger partial charge in [0.2, 0.25) is 4.58 Å². The quantitative estimate of drug-likeness (QED) is 0.686. The van der Waals surface area contributed by atoms with E-state index >= 15 is 0 Å². The van der Waals surface area contributed by atoms with Crippen molar-refractivity contribution in [2.45, 2.75) is 11.0 Å². The van der Waals surface area contributed by atoms with Crippen LogP contribution in [0, 0.1) is 0 Å². The molecule has 0 saturated heterocycles. The first-order valence-electron chi connectivity index (χ1n) is 5.04. The van der Waals surface area contributed by atoms with Gasteiger partial charge in [-0.1, -0.05) is 12.1 Å². The van der Waals surface area contributed by atoms with Crippen molar-refractivity contribution in [3.8, 4) is 0 Å². The number of para-hydroxylation sites is 2. The first-order chi connectivity index (χ1) is 8.68. The zero-order valence-electron chi connectivity index (χ0n) is 9.38. The highest BCUT2D eigenvalue weighted by Gasteiger charge is 2.36. The van der Waals surface area contributed by atoms with E-state index in [4.69, 9.17) is 9.11 Å². The molecule has 3 N–H and O–H groups in total. The maximum absolute atomic E-state index is 11.0. The van der Waals surface area contributed by atoms with Crippen LogP contribution in [-0.4, -0.2) is 40.5 Å². The fourth-order valence-electron chi connectivity index (χ4n) is 1.62. The smallest absolute Gasteiger partial charge is 0.285 e. The minimum absolute atomic E-state index is 0.0291. The molecule has 0 amide bonds. The molecule has 0 aliphatic heterocycles. The first kappa shape index (κ1) is 13.9. The Kier molecular flexibility index (Phi) is 3.34. The molecule has 0 bridgehead atoms. The Balaban J connectivity index is 2.42. The summed E-state index contributed by atoms with van der Waals surface area (Å²) in [7, 11) is -9.91. The Morgan fingerprint density at radius 1 is 1.11 bits per heavy atom. The largest absolute Gasteiger partial charge is 0.342 e. The SMILES string of the molecule is O=S(=O)(O)C(Cc1nc2ccccc2[nH]1)S(=O)(=O)O. The average Bonchev–Trinajstić information content (AvgIpc) is 2.65. The predicted molar refractivity (Wildman–Crippen MR) is 66.7 cm³/mol. The summed E-state index contributed by atoms with van der Waals surface area (Å²) in [6, 6.07) is 6.73. The lowest BCUT2D eigenvalue weighted by Crippen LogP contribution is -2.32. The number of nitrogens with zero attached hydrogens (tertiary/aromatic N) is 1. The number of aromatic amines is 1. The molecule has 1 aromatic heterocycles. The monoisotopic (exact) mass is 306 g/mol. The number of imidazole rings is 1. The van der Waals surface area contributed by atoms with Crippen LogP contribution in [0.4, 0.5) is 0 Å². The van der Waals surface area contributed by atoms with E-state index in [1.165, 1.54) is 0 Å². The van der Waals surface area contributed by atoms with Gasteiger partial charge >= 0.3 is 0 Å². The van der Waals surface area contributed by atoms with Crippen molar-refractivity contribution in [1.29, 1.82) is 0 Å². The van der Waals surface area contributed by atoms with E-state index in [-0.39, 0.29) is 5.82 Å². The molecule has 0 aliphatic rings. The topological polar surface area (TPSA) is 137 Å². The van der Waals surface area contributed by atoms with E-state index in [0.717, 1.165) is 0 Å². The standard InChI is InChI=1S/C9H10N2O6S2/c12-18(13,14)9(19(15,16)17)5-8-10-6-3-1-2-4-7(6)11-8/h1-4,9H,5H2,(H,10,11)(H,12,13,14)(H,15,16,17). The maximum Gasteiger partial charge on any atom is 0.285 e. The lowest BCUT2D eigenvalue weighted by Gasteiger charge is -2.08. The van der Waals surface area contributed by atoms with Crippen molar-refractivity contribution in [1.82, 2.24) is 9.97 Å². The fourth-order valence-corrected chi connectivity index (χ4v) is 3.59. The molecule has 19 heavy (non-hydrogen) atoms. The van der Waals surface area contributed by atoms with Crippen molar-refractivity contribution < 1.29 is 25.9 Å². The molecule has 2 aromatic rings. The summed E-state index contributed by atoms with van der Waals surface area (Å²) in [5, 5.41) is 0. The molecule has 0 unspecified atom stereocenters. The van der Waals surface area contributed by atoms with Gasteiger partial charge in [-0.15, -0.1) is 0 Å². The van der Waals surface area contributed by atoms with Gasteiger partial charge in [0, 0.05) is 6.42 Å². The second-order valence-corrected chi connectivity index (χ2v) is 7.36. The first-order valence-corrected chi connectivity index (χ1v) is 8.05. The summed E-state index contributed by atoms with van der Waals surface area (Å²) >= 11 is 0. The number of nitrogens with one attached hydrogen (secondary N) is 1. The minimum atomic E-state index is -4.96. The van der Waals surface area contributed by atoms with E-state index in [9.17, 15) is 16.8 Å². The van der Waals surface area contributed by atoms with Gasteiger partial charge in [-0.25, -0.2) is 4.98 Å². The van der Waals surface area contributed by atoms with E-state index in [0.29, 0.717) is 11.0 Å². The van der Waals surface area contributed by atoms with Gasteiger partial charge in [0.1, 0.15) is 5.82 Å². The van der Waals surface area contributed by atoms with Crippen molar-refractivity contribution >= 4 is 31.3 Å². The molecule has 1 aromatic carbocycles. The minimum Gasteiger partial charge on any atom is -0.342 e. The number of hydrogen-bond acceptors (Lipinski definition) is 5. The van der Waals surface area contributed by atoms with Crippen LogP contribution in [0.1, 0.15) is 5.82 Å². The summed E-state index contributed by atoms with van der Waals surface area (Å²) in [5.74, 6) is 0.0291. The number of aromatic nitrogens is 2. The lowest BCUT2D eigenvalue weighted by molar-refractivity contribution is 0.453. The van der Waals surface area contributed by atoms with Crippen LogP contribution >= 0.6 is 0 Å². The number of hydrogen-bond donors (Lipinski definition) is 3. The van der Waals surface area contributed by atoms with E-state index in [2.05, 4.69) is 9.97 Å². The lowest BCUT2D eigenvalue weighted by atomic mass is 10.3. The molecular weight excluding hydrogens is 296 g/mol. The highest BCUT2D eigenvalue weighted by Crippen LogP contribution is 2.16. The van der Waals surface area contributed by atoms with Crippen LogP contribution in [0.3, 0.4) is 0 Å². The Labute approximate surface area is 109 Å². The second kappa shape index (κ2) is 4.56. The fraction of sp³-hybridized carbons (Fsp3) is 0.222. The van der Waals surface area contributed by atoms with Gasteiger partial charge in [-0.3, -0.25) is 9.11 Å². The summed E-state index contributed by atoms with van der Waals surface area (Å²) in [4.78, 5) is 6.68. The third kappa shape index (κ3) is 3.10. The molecule has 0 saturated carbocycles. The third-order valence-electron chi connectivity index (χ3n) is 2.46. The summed E-state index contributed by atoms with van der Waals surface area (Å²) in [6.45, 7) is 0. The molecule has 0 radical (unpaired) electrons. The Morgan fingerprint density at radius 3 is 2.21 bits per heavy atom. The van der Waals surface area contributed by atoms with Gasteiger partial charge in [0.25, 0.3) is 20.2 Å². The predicted octanol–water partition coefficient (Wildman–Crippen LogP) is 0.207. The van der Waals surface area contributed by atoms with Crippen molar-refractivity contribution in [2.24, 2.45) is 0 Å². The van der Waals surface area contributed by atoms with E-state index in [1.54, 1.807) is 24.3 Å². The average molecular weight is 306 g/mol. The Bertz CT molecular complexity index is 743. The summed E-state index contributed by atoms with van der Waals surface area (Å²) in [6.07, 6.45) is -0.674. The molecule has 0 aliphatic carbocycles. The Hall–Kier alpha value is -1.49. The van der Waals surface area contributed by atoms with Gasteiger partial charge < -0.3 is 4.98 Å². The van der Waals surface area contributed by atoms with Crippen LogP contribution in [0.2, 0.25) is 0 Å². The zero-order valence-corrected chi connectivity index (χ0v) is 11.0. The highest BCUT2D eigenvalue weighted by molar-refractivity contribution is 8.03. The summed E-state index contributed by atoms with van der Waals surface area (Å²) in [5.41, 5.74) is 1.10. The molecule has 0 spiro atoms. The zero-order chi connectivity index (χ0) is 14.3. The van der Waals surface area contributed by atoms with Gasteiger partial charge in [0.15, 0.2) is 0 Å². The van der Waals surface area contributed by atoms with Crippen LogP contribution in [0.5, 0.6) is 0 Å². The van der Waals surface area contributed by atoms with Gasteiger partial charge in [-0.2, -0.15) is 16.8 Å². The summed E-state index contributed by atoms with van der Waals surface area (Å²) < 4.78 is 59.2. The van der Waals surface area contributed by atoms with Crippen molar-refractivity contribution in [3.63, 3.8) is 0 Å². The van der Waals surface area contributed by atoms with Crippen LogP contribution in [0.25, 0.3) is 11.0 Å². The maximum atomic E-state index is 11.0. The van der Waals surface area contributed by atoms with Crippen LogP contribution in [0.15, 0.2) is 24.3 Å². The van der Waals surface area contributed by atoms with Crippen LogP contribution < -0.4 is 0 Å².